The number of rotatable bonds is 0. The highest BCUT2D eigenvalue weighted by Crippen LogP contribution is 2.37. The minimum Gasteiger partial charge on any atom is -0.380 e. The minimum atomic E-state index is -4.99. The van der Waals surface area contributed by atoms with Crippen molar-refractivity contribution in [1.29, 1.82) is 0 Å². The number of halogens is 5. The third-order valence-electron chi connectivity index (χ3n) is 1.60. The van der Waals surface area contributed by atoms with Crippen molar-refractivity contribution in [1.82, 2.24) is 5.32 Å². The van der Waals surface area contributed by atoms with Crippen LogP contribution in [0.3, 0.4) is 0 Å². The van der Waals surface area contributed by atoms with E-state index in [0.717, 1.165) is 0 Å². The predicted octanol–water partition coefficient (Wildman–Crippen LogP) is 2.57. The van der Waals surface area contributed by atoms with Gasteiger partial charge in [-0.3, -0.25) is 0 Å². The fraction of sp³-hybridized carbons (Fsp3) is 0.429. The van der Waals surface area contributed by atoms with Crippen molar-refractivity contribution in [2.24, 2.45) is 0 Å². The van der Waals surface area contributed by atoms with Gasteiger partial charge in [-0.05, 0) is 6.92 Å². The molecule has 1 aliphatic rings. The molecule has 0 amide bonds. The van der Waals surface area contributed by atoms with Crippen molar-refractivity contribution in [2.45, 2.75) is 19.1 Å². The summed E-state index contributed by atoms with van der Waals surface area (Å²) in [6.07, 6.45) is -4.47. The maximum Gasteiger partial charge on any atom is 0.421 e. The van der Waals surface area contributed by atoms with Gasteiger partial charge >= 0.3 is 6.18 Å². The first-order valence-electron chi connectivity index (χ1n) is 3.43. The molecule has 0 spiro atoms. The number of allylic oxidation sites excluding steroid dienone is 2. The number of alkyl halides is 3. The average molecular weight is 199 g/mol. The fourth-order valence-electron chi connectivity index (χ4n) is 0.945. The summed E-state index contributed by atoms with van der Waals surface area (Å²) >= 11 is 0. The van der Waals surface area contributed by atoms with E-state index in [1.165, 1.54) is 6.92 Å². The lowest BCUT2D eigenvalue weighted by Gasteiger charge is -2.20. The summed E-state index contributed by atoms with van der Waals surface area (Å²) in [5, 5.41) is 2.11. The number of hydrogen-bond donors (Lipinski definition) is 1. The van der Waals surface area contributed by atoms with E-state index in [9.17, 15) is 22.0 Å². The second-order valence-corrected chi connectivity index (χ2v) is 2.60. The van der Waals surface area contributed by atoms with E-state index in [-0.39, 0.29) is 0 Å². The predicted molar refractivity (Wildman–Crippen MR) is 36.0 cm³/mol. The van der Waals surface area contributed by atoms with Crippen LogP contribution in [0.2, 0.25) is 0 Å². The van der Waals surface area contributed by atoms with Gasteiger partial charge in [-0.1, -0.05) is 0 Å². The molecule has 1 aliphatic heterocycles. The van der Waals surface area contributed by atoms with E-state index in [2.05, 4.69) is 5.32 Å². The third kappa shape index (κ3) is 1.81. The summed E-state index contributed by atoms with van der Waals surface area (Å²) in [6, 6.07) is -1.14. The molecule has 1 nitrogen and oxygen atoms in total. The van der Waals surface area contributed by atoms with E-state index >= 15 is 0 Å². The smallest absolute Gasteiger partial charge is 0.380 e. The fourth-order valence-corrected chi connectivity index (χ4v) is 0.945. The molecule has 0 radical (unpaired) electrons. The van der Waals surface area contributed by atoms with Gasteiger partial charge in [0.2, 0.25) is 0 Å². The first-order chi connectivity index (χ1) is 5.84. The minimum absolute atomic E-state index is 0.510. The lowest BCUT2D eigenvalue weighted by atomic mass is 10.1. The molecule has 1 unspecified atom stereocenters. The van der Waals surface area contributed by atoms with Gasteiger partial charge in [-0.25, -0.2) is 8.78 Å². The molecule has 0 saturated heterocycles. The standard InChI is InChI=1S/C7H6F5N/c1-3-6(9)5(7(10,11)12)4(8)2-13-3/h2-3,13H,1H3. The molecular formula is C7H6F5N. The molecular weight excluding hydrogens is 193 g/mol. The zero-order chi connectivity index (χ0) is 10.2. The van der Waals surface area contributed by atoms with Gasteiger partial charge in [-0.2, -0.15) is 13.2 Å². The molecule has 6 heteroatoms. The normalized spacial score (nSPS) is 24.2. The zero-order valence-corrected chi connectivity index (χ0v) is 6.54. The van der Waals surface area contributed by atoms with Gasteiger partial charge in [0.15, 0.2) is 5.83 Å². The zero-order valence-electron chi connectivity index (χ0n) is 6.54. The van der Waals surface area contributed by atoms with E-state index in [1.54, 1.807) is 0 Å². The molecule has 1 rings (SSSR count). The first-order valence-corrected chi connectivity index (χ1v) is 3.43. The van der Waals surface area contributed by atoms with E-state index in [0.29, 0.717) is 6.20 Å². The van der Waals surface area contributed by atoms with Crippen molar-refractivity contribution in [3.8, 4) is 0 Å². The lowest BCUT2D eigenvalue weighted by Crippen LogP contribution is -2.30. The van der Waals surface area contributed by atoms with Crippen LogP contribution in [0.5, 0.6) is 0 Å². The number of dihydropyridines is 1. The Hall–Kier alpha value is -1.07. The molecule has 0 aromatic heterocycles. The van der Waals surface area contributed by atoms with Crippen LogP contribution >= 0.6 is 0 Å². The van der Waals surface area contributed by atoms with Crippen LogP contribution in [0, 0.1) is 0 Å². The van der Waals surface area contributed by atoms with Crippen molar-refractivity contribution in [3.05, 3.63) is 23.4 Å². The van der Waals surface area contributed by atoms with Gasteiger partial charge in [0.25, 0.3) is 0 Å². The Bertz CT molecular complexity index is 275. The van der Waals surface area contributed by atoms with Crippen LogP contribution < -0.4 is 5.32 Å². The Labute approximate surface area is 70.9 Å². The van der Waals surface area contributed by atoms with Crippen LogP contribution in [0.15, 0.2) is 23.4 Å². The van der Waals surface area contributed by atoms with Gasteiger partial charge < -0.3 is 5.32 Å². The summed E-state index contributed by atoms with van der Waals surface area (Å²) in [7, 11) is 0. The van der Waals surface area contributed by atoms with Crippen LogP contribution in [-0.2, 0) is 0 Å². The topological polar surface area (TPSA) is 12.0 Å². The lowest BCUT2D eigenvalue weighted by molar-refractivity contribution is -0.0938. The maximum absolute atomic E-state index is 12.8. The SMILES string of the molecule is CC1NC=C(F)C(C(F)(F)F)=C1F. The Morgan fingerprint density at radius 2 is 1.85 bits per heavy atom. The molecule has 0 saturated carbocycles. The van der Waals surface area contributed by atoms with Crippen LogP contribution in [0.25, 0.3) is 0 Å². The molecule has 1 atom stereocenters. The van der Waals surface area contributed by atoms with Crippen LogP contribution in [0.4, 0.5) is 22.0 Å². The highest BCUT2D eigenvalue weighted by atomic mass is 19.4. The highest BCUT2D eigenvalue weighted by Gasteiger charge is 2.42. The maximum atomic E-state index is 12.8. The van der Waals surface area contributed by atoms with Gasteiger partial charge in [0, 0.05) is 6.20 Å². The van der Waals surface area contributed by atoms with Gasteiger partial charge in [-0.15, -0.1) is 0 Å². The van der Waals surface area contributed by atoms with Gasteiger partial charge in [0.1, 0.15) is 11.4 Å². The Kier molecular flexibility index (Phi) is 2.32. The largest absolute Gasteiger partial charge is 0.421 e. The Morgan fingerprint density at radius 1 is 1.31 bits per heavy atom. The molecule has 0 aromatic rings. The molecule has 1 N–H and O–H groups in total. The molecule has 13 heavy (non-hydrogen) atoms. The summed E-state index contributed by atoms with van der Waals surface area (Å²) in [4.78, 5) is 0. The molecule has 0 bridgehead atoms. The van der Waals surface area contributed by atoms with Crippen molar-refractivity contribution in [3.63, 3.8) is 0 Å². The average Bonchev–Trinajstić information content (AvgIpc) is 1.95. The third-order valence-corrected chi connectivity index (χ3v) is 1.60. The molecule has 74 valence electrons. The summed E-state index contributed by atoms with van der Waals surface area (Å²) in [6.45, 7) is 1.17. The van der Waals surface area contributed by atoms with Crippen molar-refractivity contribution in [2.75, 3.05) is 0 Å². The van der Waals surface area contributed by atoms with Crippen LogP contribution in [0.1, 0.15) is 6.92 Å². The molecule has 1 heterocycles. The number of hydrogen-bond acceptors (Lipinski definition) is 1. The Morgan fingerprint density at radius 3 is 2.23 bits per heavy atom. The second kappa shape index (κ2) is 3.01. The van der Waals surface area contributed by atoms with Crippen LogP contribution in [-0.4, -0.2) is 12.2 Å². The number of nitrogens with one attached hydrogen (secondary N) is 1. The molecule has 0 fully saturated rings. The van der Waals surface area contributed by atoms with Crippen molar-refractivity contribution < 1.29 is 22.0 Å². The second-order valence-electron chi connectivity index (χ2n) is 2.60. The van der Waals surface area contributed by atoms with Crippen molar-refractivity contribution >= 4 is 0 Å². The monoisotopic (exact) mass is 199 g/mol. The van der Waals surface area contributed by atoms with E-state index in [4.69, 9.17) is 0 Å². The summed E-state index contributed by atoms with van der Waals surface area (Å²) in [5.74, 6) is -3.14. The summed E-state index contributed by atoms with van der Waals surface area (Å²) in [5.41, 5.74) is -1.82. The highest BCUT2D eigenvalue weighted by molar-refractivity contribution is 5.37. The first kappa shape index (κ1) is 10.0. The quantitative estimate of drug-likeness (QED) is 0.591. The summed E-state index contributed by atoms with van der Waals surface area (Å²) < 4.78 is 61.4. The van der Waals surface area contributed by atoms with E-state index in [1.807, 2.05) is 0 Å². The molecule has 0 aliphatic carbocycles. The Balaban J connectivity index is 3.16. The van der Waals surface area contributed by atoms with E-state index < -0.39 is 29.4 Å². The molecule has 0 aromatic carbocycles. The van der Waals surface area contributed by atoms with Gasteiger partial charge in [0.05, 0.1) is 6.04 Å².